The standard InChI is InChI=1S/C11H14N2O4S/c1-7-5-10(7)12-9-4-3-8(18(2,16)17)6-11(9)13(14)15/h3-4,6-7,10,12H,5H2,1-2H3. The Hall–Kier alpha value is -1.63. The van der Waals surface area contributed by atoms with Gasteiger partial charge in [0, 0.05) is 18.4 Å². The number of benzene rings is 1. The molecule has 0 radical (unpaired) electrons. The molecule has 0 aliphatic heterocycles. The lowest BCUT2D eigenvalue weighted by atomic mass is 10.2. The Morgan fingerprint density at radius 1 is 1.44 bits per heavy atom. The van der Waals surface area contributed by atoms with Gasteiger partial charge < -0.3 is 5.32 Å². The summed E-state index contributed by atoms with van der Waals surface area (Å²) < 4.78 is 22.7. The number of anilines is 1. The van der Waals surface area contributed by atoms with E-state index in [1.807, 2.05) is 6.92 Å². The summed E-state index contributed by atoms with van der Waals surface area (Å²) in [5.41, 5.74) is 0.179. The van der Waals surface area contributed by atoms with Crippen molar-refractivity contribution in [3.05, 3.63) is 28.3 Å². The van der Waals surface area contributed by atoms with Gasteiger partial charge in [0.1, 0.15) is 5.69 Å². The van der Waals surface area contributed by atoms with Crippen LogP contribution >= 0.6 is 0 Å². The second kappa shape index (κ2) is 4.24. The molecular formula is C11H14N2O4S. The van der Waals surface area contributed by atoms with Crippen molar-refractivity contribution in [2.45, 2.75) is 24.3 Å². The summed E-state index contributed by atoms with van der Waals surface area (Å²) >= 11 is 0. The van der Waals surface area contributed by atoms with Crippen LogP contribution in [-0.4, -0.2) is 25.6 Å². The van der Waals surface area contributed by atoms with Crippen molar-refractivity contribution in [1.29, 1.82) is 0 Å². The van der Waals surface area contributed by atoms with E-state index in [1.165, 1.54) is 12.1 Å². The minimum absolute atomic E-state index is 0.0383. The van der Waals surface area contributed by atoms with Crippen LogP contribution in [0.2, 0.25) is 0 Å². The highest BCUT2D eigenvalue weighted by molar-refractivity contribution is 7.90. The van der Waals surface area contributed by atoms with E-state index in [0.29, 0.717) is 11.6 Å². The second-order valence-corrected chi connectivity index (χ2v) is 6.69. The molecule has 1 aliphatic carbocycles. The number of nitrogens with one attached hydrogen (secondary N) is 1. The third kappa shape index (κ3) is 2.61. The molecule has 1 saturated carbocycles. The monoisotopic (exact) mass is 270 g/mol. The molecule has 0 bridgehead atoms. The summed E-state index contributed by atoms with van der Waals surface area (Å²) in [7, 11) is -3.43. The van der Waals surface area contributed by atoms with Gasteiger partial charge in [-0.15, -0.1) is 0 Å². The summed E-state index contributed by atoms with van der Waals surface area (Å²) in [4.78, 5) is 10.4. The topological polar surface area (TPSA) is 89.3 Å². The van der Waals surface area contributed by atoms with Crippen LogP contribution < -0.4 is 5.32 Å². The van der Waals surface area contributed by atoms with Crippen LogP contribution in [0.5, 0.6) is 0 Å². The van der Waals surface area contributed by atoms with E-state index >= 15 is 0 Å². The Morgan fingerprint density at radius 2 is 2.06 bits per heavy atom. The Labute approximate surface area is 105 Å². The lowest BCUT2D eigenvalue weighted by Crippen LogP contribution is -2.07. The van der Waals surface area contributed by atoms with Gasteiger partial charge in [0.15, 0.2) is 9.84 Å². The van der Waals surface area contributed by atoms with Crippen molar-refractivity contribution in [2.75, 3.05) is 11.6 Å². The molecule has 0 saturated heterocycles. The van der Waals surface area contributed by atoms with E-state index in [4.69, 9.17) is 0 Å². The average Bonchev–Trinajstić information content (AvgIpc) is 2.92. The summed E-state index contributed by atoms with van der Waals surface area (Å²) in [5.74, 6) is 0.499. The van der Waals surface area contributed by atoms with Gasteiger partial charge in [0.05, 0.1) is 9.82 Å². The molecule has 98 valence electrons. The number of hydrogen-bond donors (Lipinski definition) is 1. The molecule has 1 fully saturated rings. The van der Waals surface area contributed by atoms with Crippen LogP contribution in [0.25, 0.3) is 0 Å². The van der Waals surface area contributed by atoms with Gasteiger partial charge in [-0.25, -0.2) is 8.42 Å². The van der Waals surface area contributed by atoms with Gasteiger partial charge >= 0.3 is 0 Å². The number of rotatable bonds is 4. The fourth-order valence-corrected chi connectivity index (χ4v) is 2.38. The minimum atomic E-state index is -3.43. The van der Waals surface area contributed by atoms with E-state index in [0.717, 1.165) is 18.7 Å². The van der Waals surface area contributed by atoms with Gasteiger partial charge in [-0.3, -0.25) is 10.1 Å². The predicted octanol–water partition coefficient (Wildman–Crippen LogP) is 1.82. The van der Waals surface area contributed by atoms with Gasteiger partial charge in [-0.2, -0.15) is 0 Å². The van der Waals surface area contributed by atoms with Crippen LogP contribution in [-0.2, 0) is 9.84 Å². The van der Waals surface area contributed by atoms with E-state index in [9.17, 15) is 18.5 Å². The van der Waals surface area contributed by atoms with Crippen molar-refractivity contribution in [3.63, 3.8) is 0 Å². The molecule has 1 aromatic rings. The predicted molar refractivity (Wildman–Crippen MR) is 67.4 cm³/mol. The first kappa shape index (κ1) is 12.8. The highest BCUT2D eigenvalue weighted by Crippen LogP contribution is 2.36. The average molecular weight is 270 g/mol. The highest BCUT2D eigenvalue weighted by atomic mass is 32.2. The first-order valence-electron chi connectivity index (χ1n) is 5.54. The Balaban J connectivity index is 2.38. The van der Waals surface area contributed by atoms with E-state index in [1.54, 1.807) is 0 Å². The molecule has 18 heavy (non-hydrogen) atoms. The number of hydrogen-bond acceptors (Lipinski definition) is 5. The molecule has 6 nitrogen and oxygen atoms in total. The Morgan fingerprint density at radius 3 is 2.50 bits per heavy atom. The lowest BCUT2D eigenvalue weighted by molar-refractivity contribution is -0.384. The molecule has 7 heteroatoms. The van der Waals surface area contributed by atoms with Crippen LogP contribution in [0.4, 0.5) is 11.4 Å². The third-order valence-electron chi connectivity index (χ3n) is 3.04. The van der Waals surface area contributed by atoms with Crippen molar-refractivity contribution in [3.8, 4) is 0 Å². The maximum atomic E-state index is 11.4. The Bertz CT molecular complexity index is 597. The number of nitrogens with zero attached hydrogens (tertiary/aromatic N) is 1. The molecule has 0 spiro atoms. The molecular weight excluding hydrogens is 256 g/mol. The first-order chi connectivity index (χ1) is 8.29. The summed E-state index contributed by atoms with van der Waals surface area (Å²) in [6.45, 7) is 2.05. The van der Waals surface area contributed by atoms with E-state index in [-0.39, 0.29) is 16.6 Å². The largest absolute Gasteiger partial charge is 0.376 e. The van der Waals surface area contributed by atoms with Crippen molar-refractivity contribution < 1.29 is 13.3 Å². The molecule has 1 N–H and O–H groups in total. The third-order valence-corrected chi connectivity index (χ3v) is 4.15. The molecule has 0 amide bonds. The first-order valence-corrected chi connectivity index (χ1v) is 7.43. The molecule has 0 aromatic heterocycles. The van der Waals surface area contributed by atoms with Crippen LogP contribution in [0.15, 0.2) is 23.1 Å². The Kier molecular flexibility index (Phi) is 3.02. The molecule has 0 heterocycles. The summed E-state index contributed by atoms with van der Waals surface area (Å²) in [5, 5.41) is 14.0. The van der Waals surface area contributed by atoms with Crippen molar-refractivity contribution in [2.24, 2.45) is 5.92 Å². The van der Waals surface area contributed by atoms with E-state index < -0.39 is 14.8 Å². The molecule has 2 rings (SSSR count). The zero-order chi connectivity index (χ0) is 13.5. The van der Waals surface area contributed by atoms with Crippen molar-refractivity contribution in [1.82, 2.24) is 0 Å². The maximum absolute atomic E-state index is 11.4. The van der Waals surface area contributed by atoms with Crippen LogP contribution in [0.3, 0.4) is 0 Å². The van der Waals surface area contributed by atoms with Crippen molar-refractivity contribution >= 4 is 21.2 Å². The molecule has 2 atom stereocenters. The number of nitro benzene ring substituents is 1. The van der Waals surface area contributed by atoms with Crippen LogP contribution in [0.1, 0.15) is 13.3 Å². The van der Waals surface area contributed by atoms with Crippen LogP contribution in [0, 0.1) is 16.0 Å². The van der Waals surface area contributed by atoms with Gasteiger partial charge in [-0.1, -0.05) is 6.92 Å². The van der Waals surface area contributed by atoms with Gasteiger partial charge in [0.2, 0.25) is 0 Å². The zero-order valence-corrected chi connectivity index (χ0v) is 10.9. The molecule has 1 aliphatic rings. The maximum Gasteiger partial charge on any atom is 0.293 e. The molecule has 2 unspecified atom stereocenters. The lowest BCUT2D eigenvalue weighted by Gasteiger charge is -2.07. The quantitative estimate of drug-likeness (QED) is 0.665. The number of sulfone groups is 1. The summed E-state index contributed by atoms with van der Waals surface area (Å²) in [6, 6.07) is 4.19. The highest BCUT2D eigenvalue weighted by Gasteiger charge is 2.34. The number of nitro groups is 1. The minimum Gasteiger partial charge on any atom is -0.376 e. The van der Waals surface area contributed by atoms with Gasteiger partial charge in [-0.05, 0) is 24.5 Å². The smallest absolute Gasteiger partial charge is 0.293 e. The second-order valence-electron chi connectivity index (χ2n) is 4.67. The fraction of sp³-hybridized carbons (Fsp3) is 0.455. The van der Waals surface area contributed by atoms with Gasteiger partial charge in [0.25, 0.3) is 5.69 Å². The zero-order valence-electron chi connectivity index (χ0n) is 10.1. The molecule has 1 aromatic carbocycles. The normalized spacial score (nSPS) is 22.6. The fourth-order valence-electron chi connectivity index (χ4n) is 1.74. The van der Waals surface area contributed by atoms with E-state index in [2.05, 4.69) is 5.32 Å². The summed E-state index contributed by atoms with van der Waals surface area (Å²) in [6.07, 6.45) is 2.01. The SMILES string of the molecule is CC1CC1Nc1ccc(S(C)(=O)=O)cc1[N+](=O)[O-].